The van der Waals surface area contributed by atoms with Crippen LogP contribution in [0.5, 0.6) is 0 Å². The van der Waals surface area contributed by atoms with Crippen LogP contribution < -0.4 is 5.32 Å². The largest absolute Gasteiger partial charge is 0.456 e. The van der Waals surface area contributed by atoms with Crippen LogP contribution in [0, 0.1) is 6.92 Å². The van der Waals surface area contributed by atoms with E-state index in [1.807, 2.05) is 85.8 Å². The molecule has 172 valence electrons. The third-order valence-electron chi connectivity index (χ3n) is 5.33. The number of aromatic nitrogens is 1. The molecular weight excluding hydrogens is 428 g/mol. The number of aryl methyl sites for hydroxylation is 2. The molecule has 3 aromatic carbocycles. The maximum absolute atomic E-state index is 12.4. The molecule has 1 amide bonds. The SMILES string of the molecule is Cc1ccc(-c2cnc(CCC(=O)OCC(=O)Nc3ccccc3Cc3ccccc3)o2)cc1. The van der Waals surface area contributed by atoms with Crippen LogP contribution in [0.4, 0.5) is 5.69 Å². The Morgan fingerprint density at radius 2 is 1.68 bits per heavy atom. The zero-order valence-electron chi connectivity index (χ0n) is 19.0. The lowest BCUT2D eigenvalue weighted by molar-refractivity contribution is -0.147. The summed E-state index contributed by atoms with van der Waals surface area (Å²) in [6.07, 6.45) is 2.71. The molecule has 6 heteroatoms. The summed E-state index contributed by atoms with van der Waals surface area (Å²) in [4.78, 5) is 28.7. The molecule has 0 radical (unpaired) electrons. The van der Waals surface area contributed by atoms with Crippen LogP contribution in [-0.2, 0) is 27.2 Å². The van der Waals surface area contributed by atoms with Gasteiger partial charge in [-0.25, -0.2) is 4.98 Å². The van der Waals surface area contributed by atoms with Gasteiger partial charge in [-0.2, -0.15) is 0 Å². The van der Waals surface area contributed by atoms with Crippen LogP contribution in [0.1, 0.15) is 29.0 Å². The topological polar surface area (TPSA) is 81.4 Å². The minimum absolute atomic E-state index is 0.0751. The monoisotopic (exact) mass is 454 g/mol. The zero-order chi connectivity index (χ0) is 23.8. The first-order valence-electron chi connectivity index (χ1n) is 11.2. The molecule has 0 bridgehead atoms. The fourth-order valence-electron chi connectivity index (χ4n) is 3.50. The number of hydrogen-bond donors (Lipinski definition) is 1. The van der Waals surface area contributed by atoms with Crippen LogP contribution in [0.2, 0.25) is 0 Å². The van der Waals surface area contributed by atoms with E-state index in [-0.39, 0.29) is 18.9 Å². The first-order valence-corrected chi connectivity index (χ1v) is 11.2. The quantitative estimate of drug-likeness (QED) is 0.345. The normalized spacial score (nSPS) is 10.6. The summed E-state index contributed by atoms with van der Waals surface area (Å²) in [6.45, 7) is 1.67. The van der Waals surface area contributed by atoms with E-state index in [0.717, 1.165) is 22.3 Å². The van der Waals surface area contributed by atoms with Crippen molar-refractivity contribution in [1.82, 2.24) is 4.98 Å². The first-order chi connectivity index (χ1) is 16.6. The molecule has 0 atom stereocenters. The van der Waals surface area contributed by atoms with Gasteiger partial charge in [-0.05, 0) is 30.5 Å². The van der Waals surface area contributed by atoms with Gasteiger partial charge in [0, 0.05) is 17.7 Å². The second-order valence-electron chi connectivity index (χ2n) is 8.01. The van der Waals surface area contributed by atoms with Gasteiger partial charge in [-0.3, -0.25) is 9.59 Å². The summed E-state index contributed by atoms with van der Waals surface area (Å²) in [5, 5.41) is 2.84. The number of ether oxygens (including phenoxy) is 1. The van der Waals surface area contributed by atoms with Gasteiger partial charge in [0.1, 0.15) is 0 Å². The number of oxazole rings is 1. The highest BCUT2D eigenvalue weighted by molar-refractivity contribution is 5.93. The molecule has 1 aromatic heterocycles. The molecule has 0 aliphatic heterocycles. The molecule has 0 unspecified atom stereocenters. The van der Waals surface area contributed by atoms with Crippen molar-refractivity contribution in [2.45, 2.75) is 26.2 Å². The van der Waals surface area contributed by atoms with E-state index in [4.69, 9.17) is 9.15 Å². The van der Waals surface area contributed by atoms with Crippen molar-refractivity contribution in [1.29, 1.82) is 0 Å². The van der Waals surface area contributed by atoms with E-state index in [0.29, 0.717) is 30.2 Å². The van der Waals surface area contributed by atoms with Crippen LogP contribution in [-0.4, -0.2) is 23.5 Å². The lowest BCUT2D eigenvalue weighted by atomic mass is 10.0. The second-order valence-corrected chi connectivity index (χ2v) is 8.01. The highest BCUT2D eigenvalue weighted by Gasteiger charge is 2.13. The standard InChI is InChI=1S/C28H26N2O4/c1-20-11-13-22(14-12-20)25-18-29-27(34-25)15-16-28(32)33-19-26(31)30-24-10-6-5-9-23(24)17-21-7-3-2-4-8-21/h2-14,18H,15-17,19H2,1H3,(H,30,31). The molecule has 34 heavy (non-hydrogen) atoms. The second kappa shape index (κ2) is 11.1. The van der Waals surface area contributed by atoms with E-state index in [9.17, 15) is 9.59 Å². The maximum Gasteiger partial charge on any atom is 0.306 e. The fraction of sp³-hybridized carbons (Fsp3) is 0.179. The van der Waals surface area contributed by atoms with Crippen molar-refractivity contribution >= 4 is 17.6 Å². The van der Waals surface area contributed by atoms with Crippen LogP contribution in [0.3, 0.4) is 0 Å². The number of nitrogens with one attached hydrogen (secondary N) is 1. The Kier molecular flexibility index (Phi) is 7.50. The molecule has 1 heterocycles. The fourth-order valence-corrected chi connectivity index (χ4v) is 3.50. The first kappa shape index (κ1) is 23.0. The molecular formula is C28H26N2O4. The number of carbonyl (C=O) groups is 2. The van der Waals surface area contributed by atoms with Gasteiger partial charge in [0.2, 0.25) is 0 Å². The smallest absolute Gasteiger partial charge is 0.306 e. The Morgan fingerprint density at radius 3 is 2.47 bits per heavy atom. The third kappa shape index (κ3) is 6.42. The average molecular weight is 455 g/mol. The van der Waals surface area contributed by atoms with Crippen molar-refractivity contribution < 1.29 is 18.7 Å². The molecule has 0 saturated carbocycles. The summed E-state index contributed by atoms with van der Waals surface area (Å²) in [5.74, 6) is 0.234. The van der Waals surface area contributed by atoms with E-state index in [1.54, 1.807) is 6.20 Å². The van der Waals surface area contributed by atoms with Crippen LogP contribution >= 0.6 is 0 Å². The summed E-state index contributed by atoms with van der Waals surface area (Å²) >= 11 is 0. The van der Waals surface area contributed by atoms with Gasteiger partial charge in [0.25, 0.3) is 5.91 Å². The zero-order valence-corrected chi connectivity index (χ0v) is 19.0. The van der Waals surface area contributed by atoms with E-state index in [1.165, 1.54) is 0 Å². The number of hydrogen-bond acceptors (Lipinski definition) is 5. The lowest BCUT2D eigenvalue weighted by Gasteiger charge is -2.11. The molecule has 0 aliphatic carbocycles. The van der Waals surface area contributed by atoms with Crippen molar-refractivity contribution in [3.8, 4) is 11.3 Å². The van der Waals surface area contributed by atoms with E-state index in [2.05, 4.69) is 10.3 Å². The summed E-state index contributed by atoms with van der Waals surface area (Å²) in [7, 11) is 0. The van der Waals surface area contributed by atoms with Gasteiger partial charge in [0.15, 0.2) is 18.3 Å². The van der Waals surface area contributed by atoms with Gasteiger partial charge in [0.05, 0.1) is 12.6 Å². The minimum Gasteiger partial charge on any atom is -0.456 e. The molecule has 1 N–H and O–H groups in total. The molecule has 6 nitrogen and oxygen atoms in total. The van der Waals surface area contributed by atoms with Crippen molar-refractivity contribution in [3.63, 3.8) is 0 Å². The Labute approximate surface area is 198 Å². The number of nitrogens with zero attached hydrogens (tertiary/aromatic N) is 1. The Hall–Kier alpha value is -4.19. The van der Waals surface area contributed by atoms with Gasteiger partial charge < -0.3 is 14.5 Å². The van der Waals surface area contributed by atoms with Crippen LogP contribution in [0.15, 0.2) is 89.5 Å². The molecule has 0 saturated heterocycles. The van der Waals surface area contributed by atoms with E-state index < -0.39 is 5.97 Å². The number of rotatable bonds is 9. The average Bonchev–Trinajstić information content (AvgIpc) is 3.33. The highest BCUT2D eigenvalue weighted by Crippen LogP contribution is 2.22. The number of benzene rings is 3. The van der Waals surface area contributed by atoms with Crippen molar-refractivity contribution in [2.24, 2.45) is 0 Å². The predicted octanol–water partition coefficient (Wildman–Crippen LogP) is 5.36. The summed E-state index contributed by atoms with van der Waals surface area (Å²) < 4.78 is 10.9. The number of esters is 1. The Balaban J connectivity index is 1.24. The molecule has 0 fully saturated rings. The molecule has 4 aromatic rings. The molecule has 4 rings (SSSR count). The van der Waals surface area contributed by atoms with Gasteiger partial charge >= 0.3 is 5.97 Å². The van der Waals surface area contributed by atoms with E-state index >= 15 is 0 Å². The van der Waals surface area contributed by atoms with Crippen molar-refractivity contribution in [2.75, 3.05) is 11.9 Å². The highest BCUT2D eigenvalue weighted by atomic mass is 16.5. The number of carbonyl (C=O) groups excluding carboxylic acids is 2. The number of anilines is 1. The number of amides is 1. The summed E-state index contributed by atoms with van der Waals surface area (Å²) in [5.41, 5.74) is 4.93. The molecule has 0 spiro atoms. The maximum atomic E-state index is 12.4. The van der Waals surface area contributed by atoms with Crippen molar-refractivity contribution in [3.05, 3.63) is 108 Å². The predicted molar refractivity (Wildman–Crippen MR) is 130 cm³/mol. The molecule has 0 aliphatic rings. The van der Waals surface area contributed by atoms with Crippen LogP contribution in [0.25, 0.3) is 11.3 Å². The minimum atomic E-state index is -0.484. The summed E-state index contributed by atoms with van der Waals surface area (Å²) in [6, 6.07) is 25.5. The lowest BCUT2D eigenvalue weighted by Crippen LogP contribution is -2.21. The third-order valence-corrected chi connectivity index (χ3v) is 5.33. The Bertz CT molecular complexity index is 1250. The number of para-hydroxylation sites is 1. The van der Waals surface area contributed by atoms with Gasteiger partial charge in [-0.1, -0.05) is 78.4 Å². The Morgan fingerprint density at radius 1 is 0.941 bits per heavy atom. The van der Waals surface area contributed by atoms with Gasteiger partial charge in [-0.15, -0.1) is 0 Å².